The van der Waals surface area contributed by atoms with Crippen molar-refractivity contribution in [2.45, 2.75) is 20.3 Å². The van der Waals surface area contributed by atoms with Gasteiger partial charge >= 0.3 is 0 Å². The first-order valence-electron chi connectivity index (χ1n) is 10.5. The predicted molar refractivity (Wildman–Crippen MR) is 112 cm³/mol. The van der Waals surface area contributed by atoms with Crippen molar-refractivity contribution in [2.24, 2.45) is 0 Å². The lowest BCUT2D eigenvalue weighted by Gasteiger charge is -2.09. The van der Waals surface area contributed by atoms with Gasteiger partial charge in [-0.3, -0.25) is 0 Å². The van der Waals surface area contributed by atoms with E-state index in [4.69, 9.17) is 33.2 Å². The third-order valence-corrected chi connectivity index (χ3v) is 3.73. The molecule has 168 valence electrons. The summed E-state index contributed by atoms with van der Waals surface area (Å²) in [5, 5.41) is 0. The van der Waals surface area contributed by atoms with E-state index < -0.39 is 0 Å². The highest BCUT2D eigenvalue weighted by Crippen LogP contribution is 2.10. The Hall–Kier alpha value is -1.22. The molecule has 0 bridgehead atoms. The Morgan fingerprint density at radius 2 is 0.828 bits per heavy atom. The lowest BCUT2D eigenvalue weighted by atomic mass is 10.2. The summed E-state index contributed by atoms with van der Waals surface area (Å²) in [6.07, 6.45) is 1.03. The van der Waals surface area contributed by atoms with Crippen LogP contribution in [0.2, 0.25) is 0 Å². The normalized spacial score (nSPS) is 11.1. The molecule has 0 atom stereocenters. The molecule has 0 fully saturated rings. The van der Waals surface area contributed by atoms with Crippen LogP contribution < -0.4 is 4.74 Å². The fourth-order valence-corrected chi connectivity index (χ4v) is 2.20. The summed E-state index contributed by atoms with van der Waals surface area (Å²) in [4.78, 5) is 0. The van der Waals surface area contributed by atoms with E-state index >= 15 is 0 Å². The summed E-state index contributed by atoms with van der Waals surface area (Å²) in [6.45, 7) is 11.7. The Labute approximate surface area is 175 Å². The van der Waals surface area contributed by atoms with Crippen molar-refractivity contribution < 1.29 is 33.2 Å². The zero-order valence-electron chi connectivity index (χ0n) is 18.1. The van der Waals surface area contributed by atoms with E-state index in [9.17, 15) is 0 Å². The quantitative estimate of drug-likeness (QED) is 0.287. The number of hydrogen-bond acceptors (Lipinski definition) is 7. The average Bonchev–Trinajstić information content (AvgIpc) is 2.73. The van der Waals surface area contributed by atoms with Crippen LogP contribution in [-0.2, 0) is 28.4 Å². The molecule has 0 heterocycles. The van der Waals surface area contributed by atoms with Crippen LogP contribution in [0.1, 0.15) is 18.9 Å². The second kappa shape index (κ2) is 20.1. The lowest BCUT2D eigenvalue weighted by molar-refractivity contribution is -0.0177. The zero-order valence-corrected chi connectivity index (χ0v) is 18.1. The van der Waals surface area contributed by atoms with E-state index in [0.717, 1.165) is 18.8 Å². The Kier molecular flexibility index (Phi) is 17.9. The maximum absolute atomic E-state index is 5.58. The molecule has 0 aliphatic carbocycles. The highest BCUT2D eigenvalue weighted by atomic mass is 16.6. The third-order valence-electron chi connectivity index (χ3n) is 3.73. The van der Waals surface area contributed by atoms with Crippen molar-refractivity contribution in [1.82, 2.24) is 0 Å². The number of benzene rings is 1. The number of hydrogen-bond donors (Lipinski definition) is 0. The van der Waals surface area contributed by atoms with Crippen LogP contribution in [0.15, 0.2) is 24.3 Å². The molecule has 1 aromatic rings. The van der Waals surface area contributed by atoms with E-state index in [0.29, 0.717) is 79.3 Å². The molecule has 29 heavy (non-hydrogen) atoms. The van der Waals surface area contributed by atoms with Gasteiger partial charge in [0.05, 0.1) is 72.7 Å². The molecule has 0 aliphatic rings. The maximum Gasteiger partial charge on any atom is 0.119 e. The summed E-state index contributed by atoms with van der Waals surface area (Å²) < 4.78 is 38.1. The molecule has 0 unspecified atom stereocenters. The SMILES string of the molecule is CCCOCCOCCOCCOCCOCCOCCOc1ccc(C)cc1. The van der Waals surface area contributed by atoms with E-state index in [2.05, 4.69) is 13.8 Å². The molecule has 7 heteroatoms. The lowest BCUT2D eigenvalue weighted by Crippen LogP contribution is -2.14. The Morgan fingerprint density at radius 3 is 1.21 bits per heavy atom. The van der Waals surface area contributed by atoms with Crippen LogP contribution in [0.4, 0.5) is 0 Å². The molecule has 0 amide bonds. The van der Waals surface area contributed by atoms with Crippen molar-refractivity contribution in [3.8, 4) is 5.75 Å². The topological polar surface area (TPSA) is 64.6 Å². The molecule has 0 aliphatic heterocycles. The first kappa shape index (κ1) is 25.8. The molecule has 0 aromatic heterocycles. The van der Waals surface area contributed by atoms with Gasteiger partial charge in [0, 0.05) is 6.61 Å². The average molecular weight is 415 g/mol. The molecule has 0 spiro atoms. The smallest absolute Gasteiger partial charge is 0.119 e. The van der Waals surface area contributed by atoms with Crippen molar-refractivity contribution in [3.63, 3.8) is 0 Å². The second-order valence-electron chi connectivity index (χ2n) is 6.34. The van der Waals surface area contributed by atoms with E-state index in [1.54, 1.807) is 0 Å². The zero-order chi connectivity index (χ0) is 20.8. The van der Waals surface area contributed by atoms with Gasteiger partial charge in [0.15, 0.2) is 0 Å². The van der Waals surface area contributed by atoms with Gasteiger partial charge in [0.2, 0.25) is 0 Å². The fourth-order valence-electron chi connectivity index (χ4n) is 2.20. The summed E-state index contributed by atoms with van der Waals surface area (Å²) in [7, 11) is 0. The van der Waals surface area contributed by atoms with E-state index in [1.165, 1.54) is 5.56 Å². The van der Waals surface area contributed by atoms with Gasteiger partial charge < -0.3 is 33.2 Å². The second-order valence-corrected chi connectivity index (χ2v) is 6.34. The Morgan fingerprint density at radius 1 is 0.483 bits per heavy atom. The van der Waals surface area contributed by atoms with Crippen LogP contribution >= 0.6 is 0 Å². The first-order chi connectivity index (χ1) is 14.3. The largest absolute Gasteiger partial charge is 0.491 e. The molecule has 1 rings (SSSR count). The monoisotopic (exact) mass is 414 g/mol. The molecule has 0 saturated heterocycles. The minimum Gasteiger partial charge on any atom is -0.491 e. The summed E-state index contributed by atoms with van der Waals surface area (Å²) in [6, 6.07) is 7.97. The summed E-state index contributed by atoms with van der Waals surface area (Å²) >= 11 is 0. The molecular formula is C22H38O7. The molecule has 7 nitrogen and oxygen atoms in total. The van der Waals surface area contributed by atoms with Crippen LogP contribution in [0, 0.1) is 6.92 Å². The number of rotatable bonds is 21. The fraction of sp³-hybridized carbons (Fsp3) is 0.727. The molecular weight excluding hydrogens is 376 g/mol. The summed E-state index contributed by atoms with van der Waals surface area (Å²) in [5.74, 6) is 0.862. The van der Waals surface area contributed by atoms with Gasteiger partial charge in [0.1, 0.15) is 12.4 Å². The number of aryl methyl sites for hydroxylation is 1. The van der Waals surface area contributed by atoms with Crippen LogP contribution in [0.3, 0.4) is 0 Å². The number of ether oxygens (including phenoxy) is 7. The van der Waals surface area contributed by atoms with Gasteiger partial charge in [-0.05, 0) is 25.5 Å². The first-order valence-corrected chi connectivity index (χ1v) is 10.5. The van der Waals surface area contributed by atoms with Gasteiger partial charge in [-0.1, -0.05) is 24.6 Å². The van der Waals surface area contributed by atoms with Gasteiger partial charge in [-0.25, -0.2) is 0 Å². The van der Waals surface area contributed by atoms with E-state index in [-0.39, 0.29) is 0 Å². The van der Waals surface area contributed by atoms with Crippen LogP contribution in [0.25, 0.3) is 0 Å². The minimum atomic E-state index is 0.532. The molecule has 0 saturated carbocycles. The minimum absolute atomic E-state index is 0.532. The molecule has 0 N–H and O–H groups in total. The van der Waals surface area contributed by atoms with Gasteiger partial charge in [-0.2, -0.15) is 0 Å². The molecule has 1 aromatic carbocycles. The van der Waals surface area contributed by atoms with Crippen molar-refractivity contribution >= 4 is 0 Å². The van der Waals surface area contributed by atoms with Crippen molar-refractivity contribution in [1.29, 1.82) is 0 Å². The van der Waals surface area contributed by atoms with E-state index in [1.807, 2.05) is 24.3 Å². The highest BCUT2D eigenvalue weighted by Gasteiger charge is 1.95. The van der Waals surface area contributed by atoms with Crippen LogP contribution in [-0.4, -0.2) is 85.9 Å². The maximum atomic E-state index is 5.58. The third kappa shape index (κ3) is 17.4. The standard InChI is InChI=1S/C22H38O7/c1-3-8-23-9-10-24-11-12-25-13-14-26-15-16-27-17-18-28-19-20-29-22-6-4-21(2)5-7-22/h4-7H,3,8-20H2,1-2H3. The van der Waals surface area contributed by atoms with Crippen molar-refractivity contribution in [3.05, 3.63) is 29.8 Å². The summed E-state index contributed by atoms with van der Waals surface area (Å²) in [5.41, 5.74) is 1.22. The van der Waals surface area contributed by atoms with Crippen molar-refractivity contribution in [2.75, 3.05) is 85.9 Å². The van der Waals surface area contributed by atoms with Gasteiger partial charge in [0.25, 0.3) is 0 Å². The Bertz CT molecular complexity index is 453. The van der Waals surface area contributed by atoms with Crippen LogP contribution in [0.5, 0.6) is 5.75 Å². The predicted octanol–water partition coefficient (Wildman–Crippen LogP) is 2.88. The highest BCUT2D eigenvalue weighted by molar-refractivity contribution is 5.26. The molecule has 0 radical (unpaired) electrons. The van der Waals surface area contributed by atoms with Gasteiger partial charge in [-0.15, -0.1) is 0 Å². The Balaban J connectivity index is 1.69.